The number of fused-ring (bicyclic) bond motifs is 8. The molecule has 224 valence electrons. The number of hydrogen-bond acceptors (Lipinski definition) is 5. The van der Waals surface area contributed by atoms with Crippen LogP contribution in [0.4, 0.5) is 0 Å². The Morgan fingerprint density at radius 3 is 1.98 bits per heavy atom. The van der Waals surface area contributed by atoms with Crippen molar-refractivity contribution in [1.29, 1.82) is 0 Å². The second kappa shape index (κ2) is 10.9. The highest BCUT2D eigenvalue weighted by molar-refractivity contribution is 7.27. The van der Waals surface area contributed by atoms with Gasteiger partial charge in [-0.05, 0) is 46.1 Å². The van der Waals surface area contributed by atoms with Crippen LogP contribution in [0.25, 0.3) is 96.4 Å². The molecule has 0 atom stereocenters. The molecule has 48 heavy (non-hydrogen) atoms. The van der Waals surface area contributed by atoms with E-state index in [9.17, 15) is 4.11 Å². The lowest BCUT2D eigenvalue weighted by atomic mass is 9.97. The second-order valence-electron chi connectivity index (χ2n) is 11.3. The first-order chi connectivity index (χ1) is 27.5. The van der Waals surface area contributed by atoms with Crippen LogP contribution in [0.2, 0.25) is 0 Å². The average molecular weight is 657 g/mol. The molecule has 0 aliphatic heterocycles. The summed E-state index contributed by atoms with van der Waals surface area (Å²) in [6.07, 6.45) is 0. The van der Waals surface area contributed by atoms with E-state index in [2.05, 4.69) is 36.4 Å². The summed E-state index contributed by atoms with van der Waals surface area (Å²) >= 11 is 2.67. The van der Waals surface area contributed by atoms with Crippen molar-refractivity contribution in [3.8, 4) is 45.3 Å². The zero-order valence-electron chi connectivity index (χ0n) is 33.9. The molecule has 0 N–H and O–H groups in total. The minimum Gasteiger partial charge on any atom is -0.208 e. The molecule has 0 unspecified atom stereocenters. The Morgan fingerprint density at radius 1 is 0.458 bits per heavy atom. The summed E-state index contributed by atoms with van der Waals surface area (Å²) in [5.74, 6) is 0.634. The van der Waals surface area contributed by atoms with Crippen LogP contribution < -0.4 is 0 Å². The minimum absolute atomic E-state index is 0.0125. The molecular formula is C43H25N3S2. The fraction of sp³-hybridized carbons (Fsp3) is 0. The molecule has 0 aliphatic rings. The third kappa shape index (κ3) is 4.43. The van der Waals surface area contributed by atoms with E-state index in [1.807, 2.05) is 60.7 Å². The van der Waals surface area contributed by atoms with Crippen LogP contribution in [-0.2, 0) is 0 Å². The van der Waals surface area contributed by atoms with Gasteiger partial charge in [0.2, 0.25) is 0 Å². The molecule has 0 aliphatic carbocycles. The van der Waals surface area contributed by atoms with Crippen molar-refractivity contribution >= 4 is 73.8 Å². The van der Waals surface area contributed by atoms with Gasteiger partial charge in [0, 0.05) is 57.0 Å². The number of benzene rings is 7. The van der Waals surface area contributed by atoms with E-state index in [1.165, 1.54) is 0 Å². The average Bonchev–Trinajstić information content (AvgIpc) is 3.83. The first-order valence-corrected chi connectivity index (χ1v) is 16.8. The van der Waals surface area contributed by atoms with Crippen molar-refractivity contribution in [1.82, 2.24) is 15.0 Å². The first-order valence-electron chi connectivity index (χ1n) is 19.7. The number of thiophene rings is 2. The van der Waals surface area contributed by atoms with E-state index in [-0.39, 0.29) is 72.5 Å². The lowest BCUT2D eigenvalue weighted by molar-refractivity contribution is 1.08. The van der Waals surface area contributed by atoms with Gasteiger partial charge >= 0.3 is 0 Å². The molecule has 10 aromatic rings. The Bertz CT molecular complexity index is 3350. The predicted molar refractivity (Wildman–Crippen MR) is 205 cm³/mol. The minimum atomic E-state index is -0.513. The molecule has 0 saturated heterocycles. The van der Waals surface area contributed by atoms with Gasteiger partial charge in [-0.2, -0.15) is 0 Å². The van der Waals surface area contributed by atoms with Gasteiger partial charge in [-0.25, -0.2) is 15.0 Å². The van der Waals surface area contributed by atoms with Crippen molar-refractivity contribution in [3.63, 3.8) is 0 Å². The Hall–Kier alpha value is -5.75. The van der Waals surface area contributed by atoms with Crippen LogP contribution in [0.1, 0.15) is 12.3 Å². The quantitative estimate of drug-likeness (QED) is 0.189. The van der Waals surface area contributed by atoms with Gasteiger partial charge in [-0.1, -0.05) is 127 Å². The third-order valence-electron chi connectivity index (χ3n) is 8.40. The maximum absolute atomic E-state index is 9.57. The lowest BCUT2D eigenvalue weighted by Crippen LogP contribution is -2.00. The molecule has 5 heteroatoms. The summed E-state index contributed by atoms with van der Waals surface area (Å²) in [5.41, 5.74) is 3.38. The molecule has 3 heterocycles. The SMILES string of the molecule is [2H]c1c([2H])c([2H])c2c(c1[2H])c([2H])c([2H])c1c2sc2c([2H])c(-c3nc(-c4ccccc4)nc(-c4cc(-c5ccccc5)c5c(c4)sc4ccccc45)n3)c([2H])c([2H])c21. The van der Waals surface area contributed by atoms with Crippen LogP contribution >= 0.6 is 22.7 Å². The standard InChI is InChI=1S/C43H25N3S2/c1-3-11-26(12-4-1)35-23-30(25-38-39(35)34-17-9-10-18-36(34)47-38)43-45-41(28-14-5-2-6-15-28)44-42(46-43)29-20-21-32-33-22-19-27-13-7-8-16-31(27)40(33)48-37(32)24-29/h1-25H/i7D,8D,13D,16D,19D,20D,21D,22D,24D. The Morgan fingerprint density at radius 2 is 1.15 bits per heavy atom. The monoisotopic (exact) mass is 656 g/mol. The van der Waals surface area contributed by atoms with E-state index in [1.54, 1.807) is 11.3 Å². The summed E-state index contributed by atoms with van der Waals surface area (Å²) in [5, 5.41) is 2.39. The van der Waals surface area contributed by atoms with Crippen LogP contribution in [0, 0.1) is 0 Å². The van der Waals surface area contributed by atoms with Crippen LogP contribution in [0.15, 0.2) is 151 Å². The Balaban J connectivity index is 1.28. The topological polar surface area (TPSA) is 38.7 Å². The highest BCUT2D eigenvalue weighted by Gasteiger charge is 2.18. The zero-order chi connectivity index (χ0) is 39.4. The van der Waals surface area contributed by atoms with Crippen LogP contribution in [-0.4, -0.2) is 15.0 Å². The number of nitrogens with zero attached hydrogens (tertiary/aromatic N) is 3. The van der Waals surface area contributed by atoms with Gasteiger partial charge in [0.05, 0.1) is 12.3 Å². The van der Waals surface area contributed by atoms with Gasteiger partial charge in [-0.3, -0.25) is 0 Å². The van der Waals surface area contributed by atoms with Gasteiger partial charge < -0.3 is 0 Å². The summed E-state index contributed by atoms with van der Waals surface area (Å²) in [4.78, 5) is 14.7. The number of aromatic nitrogens is 3. The van der Waals surface area contributed by atoms with Gasteiger partial charge in [-0.15, -0.1) is 22.7 Å². The fourth-order valence-corrected chi connectivity index (χ4v) is 8.47. The molecule has 3 aromatic heterocycles. The highest BCUT2D eigenvalue weighted by Crippen LogP contribution is 2.43. The van der Waals surface area contributed by atoms with Crippen molar-refractivity contribution in [2.24, 2.45) is 0 Å². The zero-order valence-corrected chi connectivity index (χ0v) is 26.5. The predicted octanol–water partition coefficient (Wildman–Crippen LogP) is 12.4. The normalized spacial score (nSPS) is 14.4. The smallest absolute Gasteiger partial charge is 0.164 e. The molecule has 10 rings (SSSR count). The molecule has 0 spiro atoms. The van der Waals surface area contributed by atoms with E-state index in [4.69, 9.17) is 23.2 Å². The maximum Gasteiger partial charge on any atom is 0.164 e. The van der Waals surface area contributed by atoms with Crippen LogP contribution in [0.3, 0.4) is 0 Å². The van der Waals surface area contributed by atoms with Gasteiger partial charge in [0.1, 0.15) is 0 Å². The van der Waals surface area contributed by atoms with Crippen molar-refractivity contribution in [2.45, 2.75) is 0 Å². The highest BCUT2D eigenvalue weighted by atomic mass is 32.1. The largest absolute Gasteiger partial charge is 0.208 e. The summed E-state index contributed by atoms with van der Waals surface area (Å²) in [6.45, 7) is 0. The number of rotatable bonds is 4. The second-order valence-corrected chi connectivity index (χ2v) is 13.4. The third-order valence-corrected chi connectivity index (χ3v) is 10.6. The molecule has 0 bridgehead atoms. The van der Waals surface area contributed by atoms with Crippen molar-refractivity contribution in [2.75, 3.05) is 0 Å². The molecule has 0 saturated carbocycles. The molecule has 7 aromatic carbocycles. The van der Waals surface area contributed by atoms with Gasteiger partial charge in [0.15, 0.2) is 17.5 Å². The van der Waals surface area contributed by atoms with E-state index in [0.717, 1.165) is 42.6 Å². The Kier molecular flexibility index (Phi) is 4.50. The van der Waals surface area contributed by atoms with Crippen molar-refractivity contribution in [3.05, 3.63) is 151 Å². The maximum atomic E-state index is 9.57. The Labute approximate surface area is 297 Å². The van der Waals surface area contributed by atoms with Gasteiger partial charge in [0.25, 0.3) is 0 Å². The lowest BCUT2D eigenvalue weighted by Gasteiger charge is -2.11. The molecule has 0 fully saturated rings. The first kappa shape index (κ1) is 19.8. The summed E-state index contributed by atoms with van der Waals surface area (Å²) in [7, 11) is 0. The summed E-state index contributed by atoms with van der Waals surface area (Å²) in [6, 6.07) is 28.4. The molecular weight excluding hydrogens is 623 g/mol. The number of hydrogen-bond donors (Lipinski definition) is 0. The molecule has 0 amide bonds. The van der Waals surface area contributed by atoms with E-state index < -0.39 is 24.2 Å². The van der Waals surface area contributed by atoms with Crippen LogP contribution in [0.5, 0.6) is 0 Å². The fourth-order valence-electron chi connectivity index (χ4n) is 6.18. The molecule has 3 nitrogen and oxygen atoms in total. The molecule has 0 radical (unpaired) electrons. The summed E-state index contributed by atoms with van der Waals surface area (Å²) < 4.78 is 82.4. The van der Waals surface area contributed by atoms with E-state index >= 15 is 0 Å². The van der Waals surface area contributed by atoms with Crippen molar-refractivity contribution < 1.29 is 12.3 Å². The van der Waals surface area contributed by atoms with E-state index in [0.29, 0.717) is 22.8 Å².